The fraction of sp³-hybridized carbons (Fsp3) is 0.222. The van der Waals surface area contributed by atoms with Crippen molar-refractivity contribution in [1.29, 1.82) is 0 Å². The van der Waals surface area contributed by atoms with E-state index >= 15 is 0 Å². The molecular weight excluding hydrogens is 326 g/mol. The zero-order valence-electron chi connectivity index (χ0n) is 13.5. The molecule has 1 heterocycles. The lowest BCUT2D eigenvalue weighted by Gasteiger charge is -2.19. The standard InChI is InChI=1S/C18H19NO4S/c1-13-8-9-16-15(10-13)11-19(18(16)20)17(12-23-24(2,21)22)14-6-4-3-5-7-14/h3-11,17,20H,12H2,1-2H3. The lowest BCUT2D eigenvalue weighted by atomic mass is 10.1. The Hall–Kier alpha value is -2.31. The summed E-state index contributed by atoms with van der Waals surface area (Å²) in [5.41, 5.74) is 1.94. The van der Waals surface area contributed by atoms with Crippen molar-refractivity contribution in [2.24, 2.45) is 0 Å². The van der Waals surface area contributed by atoms with Gasteiger partial charge in [-0.25, -0.2) is 0 Å². The van der Waals surface area contributed by atoms with Crippen LogP contribution in [0, 0.1) is 6.92 Å². The Kier molecular flexibility index (Phi) is 4.34. The molecule has 1 aromatic heterocycles. The first kappa shape index (κ1) is 16.5. The molecule has 24 heavy (non-hydrogen) atoms. The van der Waals surface area contributed by atoms with Crippen molar-refractivity contribution < 1.29 is 17.7 Å². The highest BCUT2D eigenvalue weighted by Crippen LogP contribution is 2.33. The average molecular weight is 345 g/mol. The molecular formula is C18H19NO4S. The summed E-state index contributed by atoms with van der Waals surface area (Å²) in [5, 5.41) is 12.2. The van der Waals surface area contributed by atoms with Gasteiger partial charge in [0.1, 0.15) is 0 Å². The topological polar surface area (TPSA) is 68.5 Å². The van der Waals surface area contributed by atoms with Gasteiger partial charge in [0, 0.05) is 17.0 Å². The van der Waals surface area contributed by atoms with Crippen molar-refractivity contribution in [2.75, 3.05) is 12.9 Å². The number of aromatic hydroxyl groups is 1. The minimum absolute atomic E-state index is 0.0869. The highest BCUT2D eigenvalue weighted by molar-refractivity contribution is 7.85. The first-order valence-corrected chi connectivity index (χ1v) is 9.36. The van der Waals surface area contributed by atoms with Gasteiger partial charge in [0.2, 0.25) is 0 Å². The second-order valence-corrected chi connectivity index (χ2v) is 7.51. The molecule has 0 radical (unpaired) electrons. The van der Waals surface area contributed by atoms with Gasteiger partial charge in [0.25, 0.3) is 10.1 Å². The zero-order chi connectivity index (χ0) is 17.3. The summed E-state index contributed by atoms with van der Waals surface area (Å²) >= 11 is 0. The largest absolute Gasteiger partial charge is 0.494 e. The van der Waals surface area contributed by atoms with Crippen LogP contribution in [0.3, 0.4) is 0 Å². The van der Waals surface area contributed by atoms with Crippen LogP contribution in [-0.2, 0) is 14.3 Å². The van der Waals surface area contributed by atoms with E-state index in [1.807, 2.05) is 61.7 Å². The number of nitrogens with zero attached hydrogens (tertiary/aromatic N) is 1. The van der Waals surface area contributed by atoms with Gasteiger partial charge in [-0.05, 0) is 24.6 Å². The lowest BCUT2D eigenvalue weighted by Crippen LogP contribution is -2.18. The summed E-state index contributed by atoms with van der Waals surface area (Å²) in [6, 6.07) is 14.7. The minimum Gasteiger partial charge on any atom is -0.494 e. The third-order valence-corrected chi connectivity index (χ3v) is 4.50. The Labute approximate surface area is 141 Å². The summed E-state index contributed by atoms with van der Waals surface area (Å²) < 4.78 is 29.5. The van der Waals surface area contributed by atoms with Crippen molar-refractivity contribution in [3.8, 4) is 5.88 Å². The van der Waals surface area contributed by atoms with Crippen molar-refractivity contribution >= 4 is 20.9 Å². The van der Waals surface area contributed by atoms with Gasteiger partial charge >= 0.3 is 0 Å². The quantitative estimate of drug-likeness (QED) is 0.721. The molecule has 1 N–H and O–H groups in total. The van der Waals surface area contributed by atoms with E-state index in [-0.39, 0.29) is 12.5 Å². The van der Waals surface area contributed by atoms with Gasteiger partial charge < -0.3 is 9.67 Å². The number of aryl methyl sites for hydroxylation is 1. The molecule has 1 atom stereocenters. The predicted molar refractivity (Wildman–Crippen MR) is 93.7 cm³/mol. The van der Waals surface area contributed by atoms with E-state index in [0.29, 0.717) is 0 Å². The molecule has 3 rings (SSSR count). The number of hydrogen-bond donors (Lipinski definition) is 1. The third kappa shape index (κ3) is 3.44. The third-order valence-electron chi connectivity index (χ3n) is 3.93. The van der Waals surface area contributed by atoms with Crippen molar-refractivity contribution in [3.63, 3.8) is 0 Å². The summed E-state index contributed by atoms with van der Waals surface area (Å²) in [5.74, 6) is 0.0935. The Morgan fingerprint density at radius 2 is 1.88 bits per heavy atom. The highest BCUT2D eigenvalue weighted by Gasteiger charge is 2.21. The second kappa shape index (κ2) is 6.30. The maximum absolute atomic E-state index is 11.4. The number of fused-ring (bicyclic) bond motifs is 1. The van der Waals surface area contributed by atoms with E-state index in [2.05, 4.69) is 0 Å². The van der Waals surface area contributed by atoms with E-state index in [9.17, 15) is 13.5 Å². The summed E-state index contributed by atoms with van der Waals surface area (Å²) in [4.78, 5) is 0. The average Bonchev–Trinajstić information content (AvgIpc) is 2.84. The van der Waals surface area contributed by atoms with E-state index in [4.69, 9.17) is 4.18 Å². The maximum Gasteiger partial charge on any atom is 0.264 e. The van der Waals surface area contributed by atoms with Crippen LogP contribution in [0.1, 0.15) is 17.2 Å². The molecule has 0 spiro atoms. The van der Waals surface area contributed by atoms with Gasteiger partial charge in [-0.15, -0.1) is 0 Å². The molecule has 0 aliphatic heterocycles. The SMILES string of the molecule is Cc1ccc2c(O)n(C(COS(C)(=O)=O)c3ccccc3)cc2c1. The van der Waals surface area contributed by atoms with Gasteiger partial charge in [-0.1, -0.05) is 42.0 Å². The Morgan fingerprint density at radius 1 is 1.17 bits per heavy atom. The molecule has 0 bridgehead atoms. The summed E-state index contributed by atoms with van der Waals surface area (Å²) in [6.07, 6.45) is 2.84. The number of rotatable bonds is 5. The molecule has 0 saturated heterocycles. The number of benzene rings is 2. The van der Waals surface area contributed by atoms with Crippen LogP contribution in [0.2, 0.25) is 0 Å². The van der Waals surface area contributed by atoms with Crippen LogP contribution in [0.5, 0.6) is 5.88 Å². The van der Waals surface area contributed by atoms with Gasteiger partial charge in [0.05, 0.1) is 18.9 Å². The molecule has 0 saturated carbocycles. The van der Waals surface area contributed by atoms with E-state index < -0.39 is 16.2 Å². The maximum atomic E-state index is 11.4. The monoisotopic (exact) mass is 345 g/mol. The number of hydrogen-bond acceptors (Lipinski definition) is 4. The van der Waals surface area contributed by atoms with Gasteiger partial charge in [0.15, 0.2) is 5.88 Å². The Morgan fingerprint density at radius 3 is 2.54 bits per heavy atom. The molecule has 0 aliphatic carbocycles. The van der Waals surface area contributed by atoms with Crippen LogP contribution < -0.4 is 0 Å². The Balaban J connectivity index is 2.09. The minimum atomic E-state index is -3.58. The first-order valence-electron chi connectivity index (χ1n) is 7.54. The van der Waals surface area contributed by atoms with E-state index in [1.54, 1.807) is 4.57 Å². The van der Waals surface area contributed by atoms with E-state index in [0.717, 1.165) is 28.2 Å². The van der Waals surface area contributed by atoms with Gasteiger partial charge in [-0.3, -0.25) is 4.18 Å². The van der Waals surface area contributed by atoms with Crippen molar-refractivity contribution in [3.05, 3.63) is 65.9 Å². The second-order valence-electron chi connectivity index (χ2n) is 5.87. The molecule has 0 aliphatic rings. The molecule has 0 amide bonds. The Bertz CT molecular complexity index is 961. The molecule has 5 nitrogen and oxygen atoms in total. The fourth-order valence-corrected chi connectivity index (χ4v) is 3.16. The van der Waals surface area contributed by atoms with Crippen LogP contribution in [0.4, 0.5) is 0 Å². The van der Waals surface area contributed by atoms with E-state index in [1.165, 1.54) is 0 Å². The molecule has 3 aromatic rings. The molecule has 6 heteroatoms. The molecule has 126 valence electrons. The van der Waals surface area contributed by atoms with Gasteiger partial charge in [-0.2, -0.15) is 8.42 Å². The lowest BCUT2D eigenvalue weighted by molar-refractivity contribution is 0.267. The molecule has 1 unspecified atom stereocenters. The van der Waals surface area contributed by atoms with Crippen LogP contribution in [-0.4, -0.2) is 31.0 Å². The fourth-order valence-electron chi connectivity index (χ4n) is 2.78. The number of aromatic nitrogens is 1. The zero-order valence-corrected chi connectivity index (χ0v) is 14.3. The molecule has 2 aromatic carbocycles. The van der Waals surface area contributed by atoms with Crippen molar-refractivity contribution in [1.82, 2.24) is 4.57 Å². The predicted octanol–water partition coefficient (Wildman–Crippen LogP) is 3.22. The normalized spacial score (nSPS) is 13.2. The molecule has 0 fully saturated rings. The first-order chi connectivity index (χ1) is 11.3. The summed E-state index contributed by atoms with van der Waals surface area (Å²) in [6.45, 7) is 1.89. The van der Waals surface area contributed by atoms with Crippen LogP contribution in [0.25, 0.3) is 10.8 Å². The van der Waals surface area contributed by atoms with Crippen LogP contribution in [0.15, 0.2) is 54.7 Å². The van der Waals surface area contributed by atoms with Crippen molar-refractivity contribution in [2.45, 2.75) is 13.0 Å². The highest BCUT2D eigenvalue weighted by atomic mass is 32.2. The summed E-state index contributed by atoms with van der Waals surface area (Å²) in [7, 11) is -3.58. The smallest absolute Gasteiger partial charge is 0.264 e. The van der Waals surface area contributed by atoms with Crippen LogP contribution >= 0.6 is 0 Å².